The number of hydrogen-bond donors (Lipinski definition) is 0. The van der Waals surface area contributed by atoms with E-state index < -0.39 is 11.9 Å². The number of aromatic nitrogens is 3. The number of fused-ring (bicyclic) bond motifs is 2. The van der Waals surface area contributed by atoms with Gasteiger partial charge in [0.25, 0.3) is 5.91 Å². The molecule has 0 aliphatic carbocycles. The average Bonchev–Trinajstić information content (AvgIpc) is 3.16. The highest BCUT2D eigenvalue weighted by molar-refractivity contribution is 6.13. The summed E-state index contributed by atoms with van der Waals surface area (Å²) < 4.78 is 42.0. The van der Waals surface area contributed by atoms with Crippen LogP contribution in [0.25, 0.3) is 21.9 Å². The Morgan fingerprint density at radius 1 is 1.00 bits per heavy atom. The first-order valence-electron chi connectivity index (χ1n) is 10.1. The Hall–Kier alpha value is -3.68. The van der Waals surface area contributed by atoms with Crippen LogP contribution in [0.1, 0.15) is 28.5 Å². The van der Waals surface area contributed by atoms with Gasteiger partial charge in [0.05, 0.1) is 11.9 Å². The molecule has 8 heteroatoms. The molecule has 0 saturated heterocycles. The van der Waals surface area contributed by atoms with Gasteiger partial charge >= 0.3 is 6.18 Å². The second-order valence-corrected chi connectivity index (χ2v) is 8.00. The van der Waals surface area contributed by atoms with Crippen molar-refractivity contribution in [3.8, 4) is 11.1 Å². The molecule has 162 valence electrons. The zero-order chi connectivity index (χ0) is 22.6. The van der Waals surface area contributed by atoms with Gasteiger partial charge in [-0.1, -0.05) is 36.4 Å². The molecule has 5 nitrogen and oxygen atoms in total. The zero-order valence-electron chi connectivity index (χ0n) is 17.4. The van der Waals surface area contributed by atoms with E-state index in [0.29, 0.717) is 28.8 Å². The van der Waals surface area contributed by atoms with Crippen molar-refractivity contribution in [3.63, 3.8) is 0 Å². The normalized spacial score (nSPS) is 16.5. The summed E-state index contributed by atoms with van der Waals surface area (Å²) in [7, 11) is 1.46. The van der Waals surface area contributed by atoms with Crippen LogP contribution in [0.4, 0.5) is 18.9 Å². The van der Waals surface area contributed by atoms with Crippen LogP contribution in [0.2, 0.25) is 0 Å². The number of rotatable bonds is 2. The lowest BCUT2D eigenvalue weighted by atomic mass is 9.87. The summed E-state index contributed by atoms with van der Waals surface area (Å²) >= 11 is 0. The van der Waals surface area contributed by atoms with Gasteiger partial charge in [-0.15, -0.1) is 0 Å². The van der Waals surface area contributed by atoms with E-state index in [4.69, 9.17) is 0 Å². The number of amides is 1. The number of carbonyl (C=O) groups is 1. The van der Waals surface area contributed by atoms with Crippen molar-refractivity contribution in [2.45, 2.75) is 25.6 Å². The van der Waals surface area contributed by atoms with E-state index in [1.807, 2.05) is 31.2 Å². The lowest BCUT2D eigenvalue weighted by Crippen LogP contribution is -2.44. The van der Waals surface area contributed by atoms with Crippen LogP contribution in [0.5, 0.6) is 0 Å². The van der Waals surface area contributed by atoms with Gasteiger partial charge in [0.15, 0.2) is 5.69 Å². The third-order valence-electron chi connectivity index (χ3n) is 5.86. The summed E-state index contributed by atoms with van der Waals surface area (Å²) in [5.74, 6) is -0.254. The number of anilines is 1. The molecule has 32 heavy (non-hydrogen) atoms. The largest absolute Gasteiger partial charge is 0.435 e. The number of pyridine rings is 1. The van der Waals surface area contributed by atoms with Gasteiger partial charge in [-0.2, -0.15) is 18.3 Å². The van der Waals surface area contributed by atoms with Crippen molar-refractivity contribution in [2.75, 3.05) is 4.90 Å². The van der Waals surface area contributed by atoms with Gasteiger partial charge in [-0.05, 0) is 30.5 Å². The SMILES string of the molecule is CC1Cc2c(cccc2-c2cn(C)nc2C(F)(F)F)C(=O)N1c1cncc2ccccc12. The van der Waals surface area contributed by atoms with Gasteiger partial charge in [0, 0.05) is 47.4 Å². The van der Waals surface area contributed by atoms with E-state index in [1.54, 1.807) is 35.5 Å². The molecule has 1 aliphatic heterocycles. The predicted molar refractivity (Wildman–Crippen MR) is 115 cm³/mol. The minimum Gasteiger partial charge on any atom is -0.303 e. The van der Waals surface area contributed by atoms with E-state index in [0.717, 1.165) is 15.5 Å². The molecule has 0 N–H and O–H groups in total. The van der Waals surface area contributed by atoms with Crippen molar-refractivity contribution >= 4 is 22.4 Å². The molecule has 4 aromatic rings. The number of halogens is 3. The Morgan fingerprint density at radius 2 is 1.75 bits per heavy atom. The topological polar surface area (TPSA) is 51.0 Å². The average molecular weight is 436 g/mol. The van der Waals surface area contributed by atoms with Gasteiger partial charge < -0.3 is 4.90 Å². The van der Waals surface area contributed by atoms with Crippen molar-refractivity contribution in [2.24, 2.45) is 7.05 Å². The first-order chi connectivity index (χ1) is 15.3. The minimum absolute atomic E-state index is 0.0165. The summed E-state index contributed by atoms with van der Waals surface area (Å²) in [5, 5.41) is 5.44. The summed E-state index contributed by atoms with van der Waals surface area (Å²) in [6.45, 7) is 1.90. The van der Waals surface area contributed by atoms with Crippen molar-refractivity contribution < 1.29 is 18.0 Å². The minimum atomic E-state index is -4.59. The Morgan fingerprint density at radius 3 is 2.53 bits per heavy atom. The van der Waals surface area contributed by atoms with Gasteiger partial charge in [-0.25, -0.2) is 0 Å². The first-order valence-corrected chi connectivity index (χ1v) is 10.1. The fourth-order valence-corrected chi connectivity index (χ4v) is 4.51. The maximum Gasteiger partial charge on any atom is 0.435 e. The van der Waals surface area contributed by atoms with E-state index in [-0.39, 0.29) is 17.5 Å². The number of aryl methyl sites for hydroxylation is 1. The molecular formula is C24H19F3N4O. The van der Waals surface area contributed by atoms with Crippen LogP contribution in [0.3, 0.4) is 0 Å². The second-order valence-electron chi connectivity index (χ2n) is 8.00. The lowest BCUT2D eigenvalue weighted by molar-refractivity contribution is -0.140. The summed E-state index contributed by atoms with van der Waals surface area (Å²) in [6.07, 6.45) is 0.574. The molecule has 1 aliphatic rings. The van der Waals surface area contributed by atoms with Gasteiger partial charge in [0.1, 0.15) is 0 Å². The van der Waals surface area contributed by atoms with E-state index >= 15 is 0 Å². The van der Waals surface area contributed by atoms with Crippen molar-refractivity contribution in [3.05, 3.63) is 77.9 Å². The molecule has 0 saturated carbocycles. The molecule has 0 radical (unpaired) electrons. The Bertz CT molecular complexity index is 1350. The molecule has 5 rings (SSSR count). The Balaban J connectivity index is 1.66. The van der Waals surface area contributed by atoms with Crippen LogP contribution in [0.15, 0.2) is 61.1 Å². The molecule has 1 atom stereocenters. The number of hydrogen-bond acceptors (Lipinski definition) is 3. The lowest BCUT2D eigenvalue weighted by Gasteiger charge is -2.36. The predicted octanol–water partition coefficient (Wildman–Crippen LogP) is 5.25. The molecule has 0 spiro atoms. The number of benzene rings is 2. The maximum atomic E-state index is 13.6. The molecule has 2 aromatic heterocycles. The Kier molecular flexibility index (Phi) is 4.54. The first kappa shape index (κ1) is 20.2. The number of alkyl halides is 3. The van der Waals surface area contributed by atoms with Gasteiger partial charge in [0.2, 0.25) is 0 Å². The zero-order valence-corrected chi connectivity index (χ0v) is 17.4. The third-order valence-corrected chi connectivity index (χ3v) is 5.86. The van der Waals surface area contributed by atoms with Crippen molar-refractivity contribution in [1.29, 1.82) is 0 Å². The highest BCUT2D eigenvalue weighted by atomic mass is 19.4. The second kappa shape index (κ2) is 7.19. The molecule has 1 unspecified atom stereocenters. The van der Waals surface area contributed by atoms with Crippen LogP contribution in [-0.4, -0.2) is 26.7 Å². The third kappa shape index (κ3) is 3.14. The summed E-state index contributed by atoms with van der Waals surface area (Å²) in [6, 6.07) is 12.3. The standard InChI is InChI=1S/C24H19F3N4O/c1-14-10-19-17(20-13-30(2)29-22(20)24(25,26)27)8-5-9-18(19)23(32)31(14)21-12-28-11-15-6-3-4-7-16(15)21/h3-9,11-14H,10H2,1-2H3. The van der Waals surface area contributed by atoms with Crippen LogP contribution >= 0.6 is 0 Å². The van der Waals surface area contributed by atoms with E-state index in [9.17, 15) is 18.0 Å². The molecule has 0 fully saturated rings. The molecule has 2 aromatic carbocycles. The van der Waals surface area contributed by atoms with Gasteiger partial charge in [-0.3, -0.25) is 14.5 Å². The quantitative estimate of drug-likeness (QED) is 0.432. The van der Waals surface area contributed by atoms with Crippen molar-refractivity contribution in [1.82, 2.24) is 14.8 Å². The molecule has 0 bridgehead atoms. The van der Waals surface area contributed by atoms with Crippen LogP contribution in [0, 0.1) is 0 Å². The monoisotopic (exact) mass is 436 g/mol. The fraction of sp³-hybridized carbons (Fsp3) is 0.208. The highest BCUT2D eigenvalue weighted by Crippen LogP contribution is 2.41. The highest BCUT2D eigenvalue weighted by Gasteiger charge is 2.39. The fourth-order valence-electron chi connectivity index (χ4n) is 4.51. The Labute approximate surface area is 182 Å². The maximum absolute atomic E-state index is 13.6. The molecular weight excluding hydrogens is 417 g/mol. The molecule has 3 heterocycles. The van der Waals surface area contributed by atoms with E-state index in [2.05, 4.69) is 10.1 Å². The smallest absolute Gasteiger partial charge is 0.303 e. The number of nitrogens with zero attached hydrogens (tertiary/aromatic N) is 4. The van der Waals surface area contributed by atoms with Crippen LogP contribution in [-0.2, 0) is 19.6 Å². The summed E-state index contributed by atoms with van der Waals surface area (Å²) in [5.41, 5.74) is 1.11. The van der Waals surface area contributed by atoms with E-state index in [1.165, 1.54) is 13.2 Å². The summed E-state index contributed by atoms with van der Waals surface area (Å²) in [4.78, 5) is 19.6. The van der Waals surface area contributed by atoms with Crippen LogP contribution < -0.4 is 4.90 Å². The molecule has 1 amide bonds. The number of carbonyl (C=O) groups excluding carboxylic acids is 1.